The molecule has 5 nitrogen and oxygen atoms in total. The number of anilines is 2. The lowest BCUT2D eigenvalue weighted by atomic mass is 10.2. The molecule has 3 rings (SSSR count). The molecule has 0 fully saturated rings. The topological polar surface area (TPSA) is 58.6 Å². The van der Waals surface area contributed by atoms with Gasteiger partial charge in [0.15, 0.2) is 6.61 Å². The van der Waals surface area contributed by atoms with E-state index in [1.807, 2.05) is 6.07 Å². The normalized spacial score (nSPS) is 13.3. The van der Waals surface area contributed by atoms with Crippen LogP contribution in [0.25, 0.3) is 0 Å². The summed E-state index contributed by atoms with van der Waals surface area (Å²) < 4.78 is 5.34. The van der Waals surface area contributed by atoms with Crippen LogP contribution in [-0.4, -0.2) is 25.0 Å². The van der Waals surface area contributed by atoms with Crippen molar-refractivity contribution in [1.29, 1.82) is 0 Å². The van der Waals surface area contributed by atoms with Gasteiger partial charge in [-0.1, -0.05) is 29.8 Å². The fraction of sp³-hybridized carbons (Fsp3) is 0.125. The maximum Gasteiger partial charge on any atom is 0.265 e. The van der Waals surface area contributed by atoms with Crippen molar-refractivity contribution in [2.45, 2.75) is 0 Å². The van der Waals surface area contributed by atoms with Crippen LogP contribution < -0.4 is 15.0 Å². The van der Waals surface area contributed by atoms with Gasteiger partial charge in [0.05, 0.1) is 5.69 Å². The quantitative estimate of drug-likeness (QED) is 0.947. The highest BCUT2D eigenvalue weighted by Crippen LogP contribution is 2.31. The zero-order valence-electron chi connectivity index (χ0n) is 11.6. The van der Waals surface area contributed by atoms with Gasteiger partial charge in [-0.05, 0) is 30.3 Å². The molecule has 1 N–H and O–H groups in total. The highest BCUT2D eigenvalue weighted by molar-refractivity contribution is 6.30. The van der Waals surface area contributed by atoms with E-state index < -0.39 is 0 Å². The van der Waals surface area contributed by atoms with Gasteiger partial charge in [-0.15, -0.1) is 0 Å². The average molecular weight is 317 g/mol. The van der Waals surface area contributed by atoms with Crippen LogP contribution in [0.15, 0.2) is 48.5 Å². The molecular weight excluding hydrogens is 304 g/mol. The predicted molar refractivity (Wildman–Crippen MR) is 84.4 cm³/mol. The Kier molecular flexibility index (Phi) is 3.98. The minimum Gasteiger partial charge on any atom is -0.482 e. The molecular formula is C16H13ClN2O3. The van der Waals surface area contributed by atoms with E-state index in [2.05, 4.69) is 5.32 Å². The van der Waals surface area contributed by atoms with Gasteiger partial charge in [-0.25, -0.2) is 0 Å². The van der Waals surface area contributed by atoms with Gasteiger partial charge >= 0.3 is 0 Å². The molecule has 0 radical (unpaired) electrons. The molecule has 0 atom stereocenters. The number of rotatable bonds is 3. The summed E-state index contributed by atoms with van der Waals surface area (Å²) in [6.07, 6.45) is 0. The Labute approximate surface area is 132 Å². The lowest BCUT2D eigenvalue weighted by Crippen LogP contribution is -2.43. The first-order valence-electron chi connectivity index (χ1n) is 6.71. The SMILES string of the molecule is O=C(CN1C(=O)COc2ccccc21)Nc1cccc(Cl)c1. The molecule has 0 aromatic heterocycles. The van der Waals surface area contributed by atoms with Crippen LogP contribution in [0.3, 0.4) is 0 Å². The Morgan fingerprint density at radius 1 is 1.23 bits per heavy atom. The van der Waals surface area contributed by atoms with E-state index in [0.717, 1.165) is 0 Å². The Bertz CT molecular complexity index is 733. The van der Waals surface area contributed by atoms with Crippen molar-refractivity contribution in [3.8, 4) is 5.75 Å². The Morgan fingerprint density at radius 2 is 2.05 bits per heavy atom. The molecule has 1 heterocycles. The summed E-state index contributed by atoms with van der Waals surface area (Å²) in [4.78, 5) is 25.6. The molecule has 0 saturated heterocycles. The number of benzene rings is 2. The van der Waals surface area contributed by atoms with E-state index in [-0.39, 0.29) is 25.0 Å². The van der Waals surface area contributed by atoms with Crippen LogP contribution in [0.5, 0.6) is 5.75 Å². The minimum atomic E-state index is -0.299. The molecule has 2 aromatic carbocycles. The Balaban J connectivity index is 1.75. The number of carbonyl (C=O) groups excluding carboxylic acids is 2. The van der Waals surface area contributed by atoms with Gasteiger partial charge < -0.3 is 10.1 Å². The lowest BCUT2D eigenvalue weighted by Gasteiger charge is -2.28. The van der Waals surface area contributed by atoms with Crippen molar-refractivity contribution in [3.05, 3.63) is 53.6 Å². The van der Waals surface area contributed by atoms with Crippen LogP contribution >= 0.6 is 11.6 Å². The second-order valence-corrected chi connectivity index (χ2v) is 5.23. The first-order valence-corrected chi connectivity index (χ1v) is 7.09. The van der Waals surface area contributed by atoms with Crippen molar-refractivity contribution in [3.63, 3.8) is 0 Å². The summed E-state index contributed by atoms with van der Waals surface area (Å²) in [7, 11) is 0. The molecule has 112 valence electrons. The summed E-state index contributed by atoms with van der Waals surface area (Å²) in [5.41, 5.74) is 1.19. The van der Waals surface area contributed by atoms with Crippen molar-refractivity contribution in [2.24, 2.45) is 0 Å². The summed E-state index contributed by atoms with van der Waals surface area (Å²) in [6, 6.07) is 14.0. The molecule has 22 heavy (non-hydrogen) atoms. The van der Waals surface area contributed by atoms with Gasteiger partial charge in [-0.2, -0.15) is 0 Å². The molecule has 1 aliphatic heterocycles. The first kappa shape index (κ1) is 14.4. The van der Waals surface area contributed by atoms with Gasteiger partial charge in [0.1, 0.15) is 12.3 Å². The van der Waals surface area contributed by atoms with Crippen molar-refractivity contribution >= 4 is 34.8 Å². The monoisotopic (exact) mass is 316 g/mol. The molecule has 0 saturated carbocycles. The van der Waals surface area contributed by atoms with Crippen LogP contribution in [0.1, 0.15) is 0 Å². The van der Waals surface area contributed by atoms with Crippen LogP contribution in [0, 0.1) is 0 Å². The average Bonchev–Trinajstić information content (AvgIpc) is 2.50. The van der Waals surface area contributed by atoms with Crippen molar-refractivity contribution in [2.75, 3.05) is 23.4 Å². The van der Waals surface area contributed by atoms with Gasteiger partial charge in [-0.3, -0.25) is 14.5 Å². The smallest absolute Gasteiger partial charge is 0.265 e. The van der Waals surface area contributed by atoms with E-state index in [4.69, 9.17) is 16.3 Å². The third-order valence-corrected chi connectivity index (χ3v) is 3.45. The number of para-hydroxylation sites is 2. The summed E-state index contributed by atoms with van der Waals surface area (Å²) in [5, 5.41) is 3.26. The molecule has 2 amide bonds. The molecule has 0 spiro atoms. The third kappa shape index (κ3) is 3.04. The van der Waals surface area contributed by atoms with E-state index in [9.17, 15) is 9.59 Å². The highest BCUT2D eigenvalue weighted by Gasteiger charge is 2.26. The van der Waals surface area contributed by atoms with Crippen LogP contribution in [0.2, 0.25) is 5.02 Å². The van der Waals surface area contributed by atoms with E-state index in [1.54, 1.807) is 42.5 Å². The zero-order valence-corrected chi connectivity index (χ0v) is 12.3. The second-order valence-electron chi connectivity index (χ2n) is 4.79. The molecule has 6 heteroatoms. The van der Waals surface area contributed by atoms with Crippen LogP contribution in [-0.2, 0) is 9.59 Å². The number of carbonyl (C=O) groups is 2. The predicted octanol–water partition coefficient (Wildman–Crippen LogP) is 2.70. The summed E-state index contributed by atoms with van der Waals surface area (Å²) in [6.45, 7) is -0.146. The second kappa shape index (κ2) is 6.07. The maximum absolute atomic E-state index is 12.2. The molecule has 0 unspecified atom stereocenters. The fourth-order valence-electron chi connectivity index (χ4n) is 2.24. The van der Waals surface area contributed by atoms with E-state index >= 15 is 0 Å². The summed E-state index contributed by atoms with van der Waals surface area (Å²) in [5.74, 6) is 0.0462. The Hall–Kier alpha value is -2.53. The number of amides is 2. The zero-order chi connectivity index (χ0) is 15.5. The van der Waals surface area contributed by atoms with Crippen molar-refractivity contribution < 1.29 is 14.3 Å². The number of hydrogen-bond donors (Lipinski definition) is 1. The number of nitrogens with zero attached hydrogens (tertiary/aromatic N) is 1. The number of hydrogen-bond acceptors (Lipinski definition) is 3. The molecule has 1 aliphatic rings. The van der Waals surface area contributed by atoms with E-state index in [0.29, 0.717) is 22.1 Å². The molecule has 0 bridgehead atoms. The standard InChI is InChI=1S/C16H13ClN2O3/c17-11-4-3-5-12(8-11)18-15(20)9-19-13-6-1-2-7-14(13)22-10-16(19)21/h1-8H,9-10H2,(H,18,20). The Morgan fingerprint density at radius 3 is 2.86 bits per heavy atom. The third-order valence-electron chi connectivity index (χ3n) is 3.22. The number of ether oxygens (including phenoxy) is 1. The summed E-state index contributed by atoms with van der Waals surface area (Å²) >= 11 is 5.88. The van der Waals surface area contributed by atoms with Gasteiger partial charge in [0, 0.05) is 10.7 Å². The fourth-order valence-corrected chi connectivity index (χ4v) is 2.43. The lowest BCUT2D eigenvalue weighted by molar-refractivity contribution is -0.123. The van der Waals surface area contributed by atoms with E-state index in [1.165, 1.54) is 4.90 Å². The first-order chi connectivity index (χ1) is 10.6. The molecule has 2 aromatic rings. The van der Waals surface area contributed by atoms with Crippen LogP contribution in [0.4, 0.5) is 11.4 Å². The number of halogens is 1. The maximum atomic E-state index is 12.2. The van der Waals surface area contributed by atoms with Crippen molar-refractivity contribution in [1.82, 2.24) is 0 Å². The van der Waals surface area contributed by atoms with Gasteiger partial charge in [0.2, 0.25) is 5.91 Å². The number of fused-ring (bicyclic) bond motifs is 1. The molecule has 0 aliphatic carbocycles. The largest absolute Gasteiger partial charge is 0.482 e. The van der Waals surface area contributed by atoms with Gasteiger partial charge in [0.25, 0.3) is 5.91 Å². The highest BCUT2D eigenvalue weighted by atomic mass is 35.5. The number of nitrogens with one attached hydrogen (secondary N) is 1. The minimum absolute atomic E-state index is 0.0680.